The monoisotopic (exact) mass is 284 g/mol. The molecular weight excluding hydrogens is 260 g/mol. The predicted molar refractivity (Wildman–Crippen MR) is 74.1 cm³/mol. The number of rotatable bonds is 7. The highest BCUT2D eigenvalue weighted by molar-refractivity contribution is 5.88. The Labute approximate surface area is 119 Å². The predicted octanol–water partition coefficient (Wildman–Crippen LogP) is 2.28. The Morgan fingerprint density at radius 1 is 1.40 bits per heavy atom. The maximum Gasteiger partial charge on any atom is 0.303 e. The lowest BCUT2D eigenvalue weighted by Crippen LogP contribution is -2.31. The zero-order valence-corrected chi connectivity index (χ0v) is 12.2. The molecule has 1 rings (SSSR count). The average Bonchev–Trinajstić information content (AvgIpc) is 2.63. The van der Waals surface area contributed by atoms with Crippen molar-refractivity contribution < 1.29 is 24.5 Å². The lowest BCUT2D eigenvalue weighted by Gasteiger charge is -2.20. The number of hydrogen-bond donors (Lipinski definition) is 2. The molecule has 1 aliphatic carbocycles. The fourth-order valence-corrected chi connectivity index (χ4v) is 2.48. The number of ketones is 1. The minimum Gasteiger partial charge on any atom is -0.512 e. The van der Waals surface area contributed by atoms with Crippen molar-refractivity contribution in [3.63, 3.8) is 0 Å². The summed E-state index contributed by atoms with van der Waals surface area (Å²) in [5.74, 6) is -1.80. The second kappa shape index (κ2) is 8.04. The van der Waals surface area contributed by atoms with Gasteiger partial charge in [0, 0.05) is 13.3 Å². The molecule has 1 saturated carbocycles. The van der Waals surface area contributed by atoms with E-state index in [4.69, 9.17) is 4.74 Å². The Hall–Kier alpha value is -1.36. The van der Waals surface area contributed by atoms with Crippen LogP contribution in [-0.4, -0.2) is 34.2 Å². The van der Waals surface area contributed by atoms with Crippen LogP contribution in [-0.2, 0) is 14.3 Å². The van der Waals surface area contributed by atoms with E-state index >= 15 is 0 Å². The molecule has 0 saturated heterocycles. The molecule has 1 unspecified atom stereocenters. The van der Waals surface area contributed by atoms with Gasteiger partial charge in [-0.25, -0.2) is 0 Å². The molecule has 0 amide bonds. The lowest BCUT2D eigenvalue weighted by atomic mass is 9.99. The molecule has 0 heterocycles. The van der Waals surface area contributed by atoms with E-state index in [9.17, 15) is 19.8 Å². The molecule has 5 heteroatoms. The molecule has 114 valence electrons. The number of Topliss-reactive ketones (excluding diaryl/α,β-unsaturated/α-hetero) is 1. The number of aliphatic hydroxyl groups is 2. The zero-order chi connectivity index (χ0) is 15.1. The highest BCUT2D eigenvalue weighted by atomic mass is 16.5. The van der Waals surface area contributed by atoms with Crippen molar-refractivity contribution >= 4 is 11.8 Å². The maximum atomic E-state index is 11.7. The van der Waals surface area contributed by atoms with Gasteiger partial charge in [0.2, 0.25) is 0 Å². The van der Waals surface area contributed by atoms with Gasteiger partial charge in [0.1, 0.15) is 0 Å². The summed E-state index contributed by atoms with van der Waals surface area (Å²) in [6, 6.07) is 0. The minimum atomic E-state index is -1.06. The quantitative estimate of drug-likeness (QED) is 0.425. The molecular formula is C15H24O5. The van der Waals surface area contributed by atoms with E-state index in [0.717, 1.165) is 25.7 Å². The second-order valence-corrected chi connectivity index (χ2v) is 5.27. The number of carbonyl (C=O) groups excluding carboxylic acids is 2. The first-order valence-corrected chi connectivity index (χ1v) is 7.24. The van der Waals surface area contributed by atoms with Gasteiger partial charge >= 0.3 is 5.97 Å². The van der Waals surface area contributed by atoms with Crippen molar-refractivity contribution in [3.05, 3.63) is 11.8 Å². The number of hydrogen-bond acceptors (Lipinski definition) is 5. The highest BCUT2D eigenvalue weighted by Gasteiger charge is 2.46. The lowest BCUT2D eigenvalue weighted by molar-refractivity contribution is -0.153. The number of allylic oxidation sites excluding steroid dienone is 1. The summed E-state index contributed by atoms with van der Waals surface area (Å²) in [7, 11) is 0. The van der Waals surface area contributed by atoms with Crippen molar-refractivity contribution in [2.45, 2.75) is 64.6 Å². The van der Waals surface area contributed by atoms with Crippen LogP contribution in [0.4, 0.5) is 0 Å². The molecule has 0 radical (unpaired) electrons. The van der Waals surface area contributed by atoms with Crippen molar-refractivity contribution in [2.75, 3.05) is 0 Å². The Morgan fingerprint density at radius 2 is 2.10 bits per heavy atom. The van der Waals surface area contributed by atoms with Crippen LogP contribution in [0.3, 0.4) is 0 Å². The van der Waals surface area contributed by atoms with Gasteiger partial charge in [0.05, 0.1) is 17.8 Å². The molecule has 5 nitrogen and oxygen atoms in total. The van der Waals surface area contributed by atoms with Gasteiger partial charge in [-0.3, -0.25) is 9.59 Å². The number of aliphatic hydroxyl groups excluding tert-OH is 2. The van der Waals surface area contributed by atoms with Gasteiger partial charge in [0.25, 0.3) is 0 Å². The molecule has 0 bridgehead atoms. The zero-order valence-electron chi connectivity index (χ0n) is 12.2. The van der Waals surface area contributed by atoms with Gasteiger partial charge in [0.15, 0.2) is 11.9 Å². The third-order valence-electron chi connectivity index (χ3n) is 3.51. The maximum absolute atomic E-state index is 11.7. The molecule has 0 aliphatic heterocycles. The first-order chi connectivity index (χ1) is 9.47. The smallest absolute Gasteiger partial charge is 0.303 e. The van der Waals surface area contributed by atoms with E-state index in [2.05, 4.69) is 6.92 Å². The van der Waals surface area contributed by atoms with E-state index < -0.39 is 24.1 Å². The Bertz CT molecular complexity index is 374. The summed E-state index contributed by atoms with van der Waals surface area (Å²) in [4.78, 5) is 22.7. The van der Waals surface area contributed by atoms with Crippen LogP contribution in [0.2, 0.25) is 0 Å². The second-order valence-electron chi connectivity index (χ2n) is 5.27. The summed E-state index contributed by atoms with van der Waals surface area (Å²) < 4.78 is 4.92. The standard InChI is InChI=1S/C15H24O5/c1-3-4-5-6-7-8-11(17)14-12(18)9-13(19)15(14)20-10(2)16/h8,12,14-15,17-18H,3-7,9H2,1-2H3/b11-8-/t12-,14-,15?/m0/s1. The van der Waals surface area contributed by atoms with Gasteiger partial charge in [-0.15, -0.1) is 0 Å². The van der Waals surface area contributed by atoms with Gasteiger partial charge < -0.3 is 14.9 Å². The third kappa shape index (κ3) is 4.63. The molecule has 3 atom stereocenters. The average molecular weight is 284 g/mol. The van der Waals surface area contributed by atoms with Crippen molar-refractivity contribution in [1.82, 2.24) is 0 Å². The summed E-state index contributed by atoms with van der Waals surface area (Å²) in [6.45, 7) is 3.33. The molecule has 2 N–H and O–H groups in total. The summed E-state index contributed by atoms with van der Waals surface area (Å²) in [6.07, 6.45) is 4.50. The Morgan fingerprint density at radius 3 is 2.70 bits per heavy atom. The molecule has 1 aliphatic rings. The Kier molecular flexibility index (Phi) is 6.71. The first kappa shape index (κ1) is 16.7. The summed E-state index contributed by atoms with van der Waals surface area (Å²) in [5, 5.41) is 19.9. The molecule has 1 fully saturated rings. The first-order valence-electron chi connectivity index (χ1n) is 7.24. The number of ether oxygens (including phenoxy) is 1. The van der Waals surface area contributed by atoms with Crippen LogP contribution >= 0.6 is 0 Å². The molecule has 20 heavy (non-hydrogen) atoms. The largest absolute Gasteiger partial charge is 0.512 e. The Balaban J connectivity index is 2.62. The van der Waals surface area contributed by atoms with Crippen molar-refractivity contribution in [1.29, 1.82) is 0 Å². The van der Waals surface area contributed by atoms with Gasteiger partial charge in [-0.05, 0) is 18.9 Å². The number of esters is 1. The van der Waals surface area contributed by atoms with E-state index in [-0.39, 0.29) is 18.0 Å². The van der Waals surface area contributed by atoms with Gasteiger partial charge in [-0.1, -0.05) is 26.2 Å². The normalized spacial score (nSPS) is 26.9. The van der Waals surface area contributed by atoms with Crippen molar-refractivity contribution in [2.24, 2.45) is 5.92 Å². The van der Waals surface area contributed by atoms with E-state index in [0.29, 0.717) is 6.42 Å². The number of carbonyl (C=O) groups is 2. The topological polar surface area (TPSA) is 83.8 Å². The van der Waals surface area contributed by atoms with Crippen LogP contribution in [0.25, 0.3) is 0 Å². The van der Waals surface area contributed by atoms with E-state index in [1.54, 1.807) is 6.08 Å². The van der Waals surface area contributed by atoms with E-state index in [1.807, 2.05) is 0 Å². The summed E-state index contributed by atoms with van der Waals surface area (Å²) in [5.41, 5.74) is 0. The van der Waals surface area contributed by atoms with Crippen LogP contribution in [0.1, 0.15) is 52.4 Å². The fourth-order valence-electron chi connectivity index (χ4n) is 2.48. The summed E-state index contributed by atoms with van der Waals surface area (Å²) >= 11 is 0. The van der Waals surface area contributed by atoms with Crippen LogP contribution in [0.5, 0.6) is 0 Å². The van der Waals surface area contributed by atoms with Gasteiger partial charge in [-0.2, -0.15) is 0 Å². The van der Waals surface area contributed by atoms with Crippen LogP contribution in [0, 0.1) is 5.92 Å². The van der Waals surface area contributed by atoms with E-state index in [1.165, 1.54) is 6.92 Å². The van der Waals surface area contributed by atoms with Crippen LogP contribution < -0.4 is 0 Å². The van der Waals surface area contributed by atoms with Crippen molar-refractivity contribution in [3.8, 4) is 0 Å². The third-order valence-corrected chi connectivity index (χ3v) is 3.51. The van der Waals surface area contributed by atoms with Crippen LogP contribution in [0.15, 0.2) is 11.8 Å². The molecule has 0 aromatic heterocycles. The fraction of sp³-hybridized carbons (Fsp3) is 0.733. The molecule has 0 aromatic rings. The SMILES string of the molecule is CCCCCC/C=C(\O)[C@@H]1C(OC(C)=O)C(=O)C[C@@H]1O. The minimum absolute atomic E-state index is 0.0499. The molecule has 0 spiro atoms. The molecule has 0 aromatic carbocycles. The highest BCUT2D eigenvalue weighted by Crippen LogP contribution is 2.31. The number of unbranched alkanes of at least 4 members (excludes halogenated alkanes) is 4.